The van der Waals surface area contributed by atoms with Gasteiger partial charge in [0.2, 0.25) is 0 Å². The second kappa shape index (κ2) is 6.44. The van der Waals surface area contributed by atoms with Gasteiger partial charge in [-0.1, -0.05) is 37.0 Å². The number of rotatable bonds is 5. The molecule has 0 aliphatic rings. The van der Waals surface area contributed by atoms with Crippen LogP contribution in [-0.4, -0.2) is 13.7 Å². The Balaban J connectivity index is 4.34. The molecular weight excluding hydrogens is 160 g/mol. The lowest BCUT2D eigenvalue weighted by Gasteiger charge is -1.99. The summed E-state index contributed by atoms with van der Waals surface area (Å²) >= 11 is 0. The van der Waals surface area contributed by atoms with Crippen molar-refractivity contribution < 1.29 is 4.74 Å². The molecule has 0 aromatic heterocycles. The van der Waals surface area contributed by atoms with Gasteiger partial charge in [0.15, 0.2) is 0 Å². The Morgan fingerprint density at radius 3 is 2.38 bits per heavy atom. The lowest BCUT2D eigenvalue weighted by atomic mass is 10.1. The van der Waals surface area contributed by atoms with E-state index < -0.39 is 0 Å². The van der Waals surface area contributed by atoms with Gasteiger partial charge < -0.3 is 4.74 Å². The monoisotopic (exact) mass is 178 g/mol. The molecule has 1 nitrogen and oxygen atoms in total. The largest absolute Gasteiger partial charge is 0.380 e. The van der Waals surface area contributed by atoms with E-state index in [0.29, 0.717) is 6.61 Å². The fraction of sp³-hybridized carbons (Fsp3) is 0.333. The van der Waals surface area contributed by atoms with Crippen LogP contribution in [0.15, 0.2) is 48.1 Å². The standard InChI is InChI=1S/C12H18O/c1-6-10(2)7-11(3)8-12(4)9-13-5/h6-8H,1-2,9H2,3-5H3/b11-7-,12-8-. The molecule has 0 aromatic carbocycles. The zero-order chi connectivity index (χ0) is 10.3. The van der Waals surface area contributed by atoms with Gasteiger partial charge in [-0.25, -0.2) is 0 Å². The van der Waals surface area contributed by atoms with E-state index in [9.17, 15) is 0 Å². The predicted molar refractivity (Wildman–Crippen MR) is 58.7 cm³/mol. The van der Waals surface area contributed by atoms with E-state index in [0.717, 1.165) is 5.57 Å². The maximum absolute atomic E-state index is 5.00. The molecule has 0 aliphatic heterocycles. The van der Waals surface area contributed by atoms with E-state index >= 15 is 0 Å². The van der Waals surface area contributed by atoms with Gasteiger partial charge in [0.05, 0.1) is 6.61 Å². The Morgan fingerprint density at radius 2 is 1.92 bits per heavy atom. The van der Waals surface area contributed by atoms with E-state index in [4.69, 9.17) is 4.74 Å². The normalized spacial score (nSPS) is 12.8. The molecular formula is C12H18O. The van der Waals surface area contributed by atoms with Crippen LogP contribution in [0.5, 0.6) is 0 Å². The Bertz CT molecular complexity index is 244. The minimum atomic E-state index is 0.672. The Kier molecular flexibility index (Phi) is 5.90. The fourth-order valence-electron chi connectivity index (χ4n) is 1.05. The van der Waals surface area contributed by atoms with Gasteiger partial charge in [0.1, 0.15) is 0 Å². The Hall–Kier alpha value is -1.08. The van der Waals surface area contributed by atoms with Crippen molar-refractivity contribution in [2.24, 2.45) is 0 Å². The van der Waals surface area contributed by atoms with Gasteiger partial charge >= 0.3 is 0 Å². The maximum atomic E-state index is 5.00. The van der Waals surface area contributed by atoms with Crippen molar-refractivity contribution in [2.75, 3.05) is 13.7 Å². The molecule has 0 radical (unpaired) electrons. The maximum Gasteiger partial charge on any atom is 0.0673 e. The summed E-state index contributed by atoms with van der Waals surface area (Å²) in [4.78, 5) is 0. The molecule has 0 amide bonds. The van der Waals surface area contributed by atoms with Gasteiger partial charge in [-0.2, -0.15) is 0 Å². The van der Waals surface area contributed by atoms with Crippen molar-refractivity contribution in [1.29, 1.82) is 0 Å². The molecule has 0 saturated carbocycles. The number of hydrogen-bond acceptors (Lipinski definition) is 1. The Labute approximate surface area is 81.1 Å². The Morgan fingerprint density at radius 1 is 1.31 bits per heavy atom. The lowest BCUT2D eigenvalue weighted by Crippen LogP contribution is -1.89. The van der Waals surface area contributed by atoms with Gasteiger partial charge in [0.25, 0.3) is 0 Å². The molecule has 13 heavy (non-hydrogen) atoms. The first-order valence-corrected chi connectivity index (χ1v) is 4.26. The molecule has 1 heteroatoms. The van der Waals surface area contributed by atoms with Gasteiger partial charge in [-0.3, -0.25) is 0 Å². The van der Waals surface area contributed by atoms with Crippen molar-refractivity contribution >= 4 is 0 Å². The number of ether oxygens (including phenoxy) is 1. The number of allylic oxidation sites excluding steroid dienone is 5. The molecule has 72 valence electrons. The summed E-state index contributed by atoms with van der Waals surface area (Å²) in [5.74, 6) is 0. The van der Waals surface area contributed by atoms with E-state index in [2.05, 4.69) is 19.2 Å². The average molecular weight is 178 g/mol. The van der Waals surface area contributed by atoms with Crippen molar-refractivity contribution in [3.63, 3.8) is 0 Å². The molecule has 0 aliphatic carbocycles. The van der Waals surface area contributed by atoms with Crippen LogP contribution >= 0.6 is 0 Å². The van der Waals surface area contributed by atoms with E-state index in [-0.39, 0.29) is 0 Å². The quantitative estimate of drug-likeness (QED) is 0.587. The summed E-state index contributed by atoms with van der Waals surface area (Å²) < 4.78 is 5.00. The first kappa shape index (κ1) is 11.9. The molecule has 0 spiro atoms. The predicted octanol–water partition coefficient (Wildman–Crippen LogP) is 3.27. The average Bonchev–Trinajstić information content (AvgIpc) is 2.04. The summed E-state index contributed by atoms with van der Waals surface area (Å²) in [5, 5.41) is 0. The van der Waals surface area contributed by atoms with Gasteiger partial charge in [0, 0.05) is 7.11 Å². The first-order valence-electron chi connectivity index (χ1n) is 4.26. The summed E-state index contributed by atoms with van der Waals surface area (Å²) in [6, 6.07) is 0. The van der Waals surface area contributed by atoms with Crippen molar-refractivity contribution in [3.8, 4) is 0 Å². The van der Waals surface area contributed by atoms with E-state index in [1.807, 2.05) is 19.9 Å². The van der Waals surface area contributed by atoms with Crippen LogP contribution in [0.4, 0.5) is 0 Å². The van der Waals surface area contributed by atoms with Gasteiger partial charge in [-0.05, 0) is 25.0 Å². The molecule has 0 saturated heterocycles. The molecule has 0 unspecified atom stereocenters. The smallest absolute Gasteiger partial charge is 0.0673 e. The number of hydrogen-bond donors (Lipinski definition) is 0. The minimum Gasteiger partial charge on any atom is -0.380 e. The highest BCUT2D eigenvalue weighted by Gasteiger charge is 1.89. The molecule has 0 aromatic rings. The molecule has 0 bridgehead atoms. The van der Waals surface area contributed by atoms with Crippen molar-refractivity contribution in [3.05, 3.63) is 48.1 Å². The minimum absolute atomic E-state index is 0.672. The highest BCUT2D eigenvalue weighted by molar-refractivity contribution is 5.34. The zero-order valence-corrected chi connectivity index (χ0v) is 8.76. The number of methoxy groups -OCH3 is 1. The van der Waals surface area contributed by atoms with Crippen LogP contribution in [0, 0.1) is 0 Å². The SMILES string of the molecule is C=CC(=C)/C=C(C)\C=C(\C)COC. The third-order valence-corrected chi connectivity index (χ3v) is 1.52. The molecule has 0 fully saturated rings. The third kappa shape index (κ3) is 6.12. The van der Waals surface area contributed by atoms with Crippen LogP contribution in [-0.2, 0) is 4.74 Å². The summed E-state index contributed by atoms with van der Waals surface area (Å²) in [6.45, 7) is 12.2. The molecule has 0 rings (SSSR count). The highest BCUT2D eigenvalue weighted by atomic mass is 16.5. The summed E-state index contributed by atoms with van der Waals surface area (Å²) in [5.41, 5.74) is 3.30. The second-order valence-corrected chi connectivity index (χ2v) is 3.09. The first-order chi connectivity index (χ1) is 6.10. The van der Waals surface area contributed by atoms with E-state index in [1.54, 1.807) is 13.2 Å². The van der Waals surface area contributed by atoms with Crippen molar-refractivity contribution in [2.45, 2.75) is 13.8 Å². The van der Waals surface area contributed by atoms with Crippen LogP contribution in [0.2, 0.25) is 0 Å². The van der Waals surface area contributed by atoms with Crippen molar-refractivity contribution in [1.82, 2.24) is 0 Å². The lowest BCUT2D eigenvalue weighted by molar-refractivity contribution is 0.226. The summed E-state index contributed by atoms with van der Waals surface area (Å²) in [7, 11) is 1.69. The zero-order valence-electron chi connectivity index (χ0n) is 8.76. The van der Waals surface area contributed by atoms with Crippen LogP contribution < -0.4 is 0 Å². The van der Waals surface area contributed by atoms with Crippen LogP contribution in [0.25, 0.3) is 0 Å². The van der Waals surface area contributed by atoms with Crippen LogP contribution in [0.3, 0.4) is 0 Å². The fourth-order valence-corrected chi connectivity index (χ4v) is 1.05. The van der Waals surface area contributed by atoms with E-state index in [1.165, 1.54) is 11.1 Å². The highest BCUT2D eigenvalue weighted by Crippen LogP contribution is 2.05. The molecule has 0 atom stereocenters. The topological polar surface area (TPSA) is 9.23 Å². The second-order valence-electron chi connectivity index (χ2n) is 3.09. The summed E-state index contributed by atoms with van der Waals surface area (Å²) in [6.07, 6.45) is 5.81. The third-order valence-electron chi connectivity index (χ3n) is 1.52. The van der Waals surface area contributed by atoms with Gasteiger partial charge in [-0.15, -0.1) is 0 Å². The molecule has 0 N–H and O–H groups in total. The van der Waals surface area contributed by atoms with Crippen LogP contribution in [0.1, 0.15) is 13.8 Å². The molecule has 0 heterocycles.